The van der Waals surface area contributed by atoms with Crippen molar-refractivity contribution in [2.45, 2.75) is 71.1 Å². The van der Waals surface area contributed by atoms with Gasteiger partial charge in [-0.25, -0.2) is 0 Å². The highest BCUT2D eigenvalue weighted by molar-refractivity contribution is 5.66. The second-order valence-electron chi connectivity index (χ2n) is 5.31. The average molecular weight is 226 g/mol. The van der Waals surface area contributed by atoms with Gasteiger partial charge in [0.1, 0.15) is 0 Å². The summed E-state index contributed by atoms with van der Waals surface area (Å²) in [6, 6.07) is 0. The molecule has 0 aromatic carbocycles. The minimum Gasteiger partial charge on any atom is -0.481 e. The molecular weight excluding hydrogens is 200 g/mol. The predicted molar refractivity (Wildman–Crippen MR) is 66.5 cm³/mol. The fourth-order valence-electron chi connectivity index (χ4n) is 2.84. The number of carbonyl (C=O) groups is 1. The van der Waals surface area contributed by atoms with Crippen LogP contribution in [0.2, 0.25) is 0 Å². The maximum absolute atomic E-state index is 10.4. The van der Waals surface area contributed by atoms with E-state index in [2.05, 4.69) is 6.92 Å². The summed E-state index contributed by atoms with van der Waals surface area (Å²) in [5.74, 6) is 1.14. The summed E-state index contributed by atoms with van der Waals surface area (Å²) in [5.41, 5.74) is 0. The van der Waals surface area contributed by atoms with Crippen LogP contribution in [0.4, 0.5) is 0 Å². The van der Waals surface area contributed by atoms with Crippen molar-refractivity contribution in [1.82, 2.24) is 0 Å². The Balaban J connectivity index is 2.05. The fraction of sp³-hybridized carbons (Fsp3) is 0.929. The van der Waals surface area contributed by atoms with Crippen LogP contribution in [0.1, 0.15) is 71.1 Å². The highest BCUT2D eigenvalue weighted by Gasteiger charge is 2.20. The summed E-state index contributed by atoms with van der Waals surface area (Å²) in [7, 11) is 0. The monoisotopic (exact) mass is 226 g/mol. The smallest absolute Gasteiger partial charge is 0.303 e. The molecule has 0 bridgehead atoms. The highest BCUT2D eigenvalue weighted by atomic mass is 16.4. The molecular formula is C14H26O2. The Kier molecular flexibility index (Phi) is 6.51. The molecule has 0 spiro atoms. The Bertz CT molecular complexity index is 193. The lowest BCUT2D eigenvalue weighted by Crippen LogP contribution is -2.14. The Morgan fingerprint density at radius 3 is 2.00 bits per heavy atom. The molecule has 1 saturated carbocycles. The van der Waals surface area contributed by atoms with Crippen LogP contribution >= 0.6 is 0 Å². The van der Waals surface area contributed by atoms with Gasteiger partial charge < -0.3 is 5.11 Å². The van der Waals surface area contributed by atoms with Gasteiger partial charge in [-0.3, -0.25) is 4.79 Å². The SMILES string of the molecule is CCCCC1CCC(CCCC(=O)O)CC1. The first-order chi connectivity index (χ1) is 7.72. The first-order valence-electron chi connectivity index (χ1n) is 6.94. The van der Waals surface area contributed by atoms with Crippen LogP contribution in [-0.2, 0) is 4.79 Å². The van der Waals surface area contributed by atoms with E-state index in [4.69, 9.17) is 5.11 Å². The molecule has 94 valence electrons. The predicted octanol–water partition coefficient (Wildman–Crippen LogP) is 4.24. The summed E-state index contributed by atoms with van der Waals surface area (Å²) in [6.07, 6.45) is 11.9. The number of unbranched alkanes of at least 4 members (excludes halogenated alkanes) is 1. The van der Waals surface area contributed by atoms with Gasteiger partial charge in [0.25, 0.3) is 0 Å². The summed E-state index contributed by atoms with van der Waals surface area (Å²) < 4.78 is 0. The van der Waals surface area contributed by atoms with Crippen molar-refractivity contribution in [1.29, 1.82) is 0 Å². The van der Waals surface area contributed by atoms with E-state index >= 15 is 0 Å². The first kappa shape index (κ1) is 13.5. The van der Waals surface area contributed by atoms with E-state index in [9.17, 15) is 4.79 Å². The third kappa shape index (κ3) is 5.53. The largest absolute Gasteiger partial charge is 0.481 e. The minimum atomic E-state index is -0.642. The normalized spacial score (nSPS) is 25.6. The third-order valence-corrected chi connectivity index (χ3v) is 3.94. The van der Waals surface area contributed by atoms with E-state index in [-0.39, 0.29) is 0 Å². The van der Waals surface area contributed by atoms with Gasteiger partial charge >= 0.3 is 5.97 Å². The van der Waals surface area contributed by atoms with Crippen molar-refractivity contribution >= 4 is 5.97 Å². The molecule has 1 aliphatic rings. The number of aliphatic carboxylic acids is 1. The second-order valence-corrected chi connectivity index (χ2v) is 5.31. The lowest BCUT2D eigenvalue weighted by Gasteiger charge is -2.28. The van der Waals surface area contributed by atoms with Gasteiger partial charge in [-0.15, -0.1) is 0 Å². The highest BCUT2D eigenvalue weighted by Crippen LogP contribution is 2.34. The van der Waals surface area contributed by atoms with E-state index in [1.165, 1.54) is 44.9 Å². The van der Waals surface area contributed by atoms with E-state index in [0.29, 0.717) is 6.42 Å². The van der Waals surface area contributed by atoms with Crippen molar-refractivity contribution in [2.75, 3.05) is 0 Å². The Morgan fingerprint density at radius 2 is 1.56 bits per heavy atom. The lowest BCUT2D eigenvalue weighted by molar-refractivity contribution is -0.137. The van der Waals surface area contributed by atoms with Crippen LogP contribution < -0.4 is 0 Å². The molecule has 0 radical (unpaired) electrons. The maximum Gasteiger partial charge on any atom is 0.303 e. The number of carboxylic acid groups (broad SMARTS) is 1. The van der Waals surface area contributed by atoms with E-state index in [1.54, 1.807) is 0 Å². The molecule has 0 saturated heterocycles. The Morgan fingerprint density at radius 1 is 1.06 bits per heavy atom. The number of carboxylic acids is 1. The second kappa shape index (κ2) is 7.70. The van der Waals surface area contributed by atoms with Crippen molar-refractivity contribution in [2.24, 2.45) is 11.8 Å². The summed E-state index contributed by atoms with van der Waals surface area (Å²) in [6.45, 7) is 2.26. The topological polar surface area (TPSA) is 37.3 Å². The standard InChI is InChI=1S/C14H26O2/c1-2-3-5-12-8-10-13(11-9-12)6-4-7-14(15)16/h12-13H,2-11H2,1H3,(H,15,16). The van der Waals surface area contributed by atoms with Crippen LogP contribution in [-0.4, -0.2) is 11.1 Å². The molecule has 2 heteroatoms. The molecule has 1 aliphatic carbocycles. The molecule has 0 aromatic rings. The van der Waals surface area contributed by atoms with Gasteiger partial charge in [0.15, 0.2) is 0 Å². The molecule has 0 aliphatic heterocycles. The zero-order valence-electron chi connectivity index (χ0n) is 10.6. The number of hydrogen-bond donors (Lipinski definition) is 1. The van der Waals surface area contributed by atoms with Gasteiger partial charge in [0.2, 0.25) is 0 Å². The van der Waals surface area contributed by atoms with Crippen LogP contribution in [0.15, 0.2) is 0 Å². The summed E-state index contributed by atoms with van der Waals surface area (Å²) in [5, 5.41) is 8.58. The molecule has 1 N–H and O–H groups in total. The maximum atomic E-state index is 10.4. The van der Waals surface area contributed by atoms with Gasteiger partial charge in [0, 0.05) is 6.42 Å². The average Bonchev–Trinajstić information content (AvgIpc) is 2.27. The van der Waals surface area contributed by atoms with E-state index < -0.39 is 5.97 Å². The van der Waals surface area contributed by atoms with Gasteiger partial charge in [-0.2, -0.15) is 0 Å². The molecule has 0 amide bonds. The quantitative estimate of drug-likeness (QED) is 0.705. The zero-order chi connectivity index (χ0) is 11.8. The Labute approximate surface area is 99.4 Å². The molecule has 0 atom stereocenters. The van der Waals surface area contributed by atoms with E-state index in [0.717, 1.165) is 24.7 Å². The number of hydrogen-bond acceptors (Lipinski definition) is 1. The molecule has 0 heterocycles. The first-order valence-corrected chi connectivity index (χ1v) is 6.94. The van der Waals surface area contributed by atoms with Gasteiger partial charge in [0.05, 0.1) is 0 Å². The van der Waals surface area contributed by atoms with Crippen molar-refractivity contribution in [3.05, 3.63) is 0 Å². The summed E-state index contributed by atoms with van der Waals surface area (Å²) >= 11 is 0. The Hall–Kier alpha value is -0.530. The van der Waals surface area contributed by atoms with Crippen LogP contribution in [0.3, 0.4) is 0 Å². The summed E-state index contributed by atoms with van der Waals surface area (Å²) in [4.78, 5) is 10.4. The van der Waals surface area contributed by atoms with Crippen molar-refractivity contribution < 1.29 is 9.90 Å². The van der Waals surface area contributed by atoms with Gasteiger partial charge in [-0.05, 0) is 24.7 Å². The van der Waals surface area contributed by atoms with Crippen LogP contribution in [0, 0.1) is 11.8 Å². The molecule has 2 nitrogen and oxygen atoms in total. The van der Waals surface area contributed by atoms with Crippen LogP contribution in [0.5, 0.6) is 0 Å². The fourth-order valence-corrected chi connectivity index (χ4v) is 2.84. The minimum absolute atomic E-state index is 0.357. The molecule has 1 fully saturated rings. The lowest BCUT2D eigenvalue weighted by atomic mass is 9.78. The van der Waals surface area contributed by atoms with Crippen LogP contribution in [0.25, 0.3) is 0 Å². The number of rotatable bonds is 7. The molecule has 0 aromatic heterocycles. The van der Waals surface area contributed by atoms with Gasteiger partial charge in [-0.1, -0.05) is 51.9 Å². The third-order valence-electron chi connectivity index (χ3n) is 3.94. The van der Waals surface area contributed by atoms with Crippen molar-refractivity contribution in [3.63, 3.8) is 0 Å². The van der Waals surface area contributed by atoms with E-state index in [1.807, 2.05) is 0 Å². The molecule has 16 heavy (non-hydrogen) atoms. The molecule has 1 rings (SSSR count). The van der Waals surface area contributed by atoms with Crippen molar-refractivity contribution in [3.8, 4) is 0 Å². The zero-order valence-corrected chi connectivity index (χ0v) is 10.6. The molecule has 0 unspecified atom stereocenters.